The number of likely N-dealkylation sites (tertiary alicyclic amines) is 1. The van der Waals surface area contributed by atoms with E-state index in [4.69, 9.17) is 9.47 Å². The fourth-order valence-electron chi connectivity index (χ4n) is 3.36. The van der Waals surface area contributed by atoms with Crippen LogP contribution in [0.25, 0.3) is 0 Å². The quantitative estimate of drug-likeness (QED) is 0.805. The van der Waals surface area contributed by atoms with E-state index >= 15 is 0 Å². The molecule has 27 heavy (non-hydrogen) atoms. The first kappa shape index (κ1) is 17.9. The number of carbonyl (C=O) groups excluding carboxylic acids is 2. The summed E-state index contributed by atoms with van der Waals surface area (Å²) >= 11 is 3.41. The van der Waals surface area contributed by atoms with Crippen LogP contribution in [-0.4, -0.2) is 30.1 Å². The Balaban J connectivity index is 1.40. The van der Waals surface area contributed by atoms with Crippen LogP contribution in [0.15, 0.2) is 40.9 Å². The third-order valence-electron chi connectivity index (χ3n) is 4.84. The highest BCUT2D eigenvalue weighted by Crippen LogP contribution is 2.33. The van der Waals surface area contributed by atoms with Gasteiger partial charge >= 0.3 is 0 Å². The predicted molar refractivity (Wildman–Crippen MR) is 104 cm³/mol. The number of benzene rings is 2. The van der Waals surface area contributed by atoms with Gasteiger partial charge < -0.3 is 19.7 Å². The Morgan fingerprint density at radius 2 is 2.04 bits per heavy atom. The highest BCUT2D eigenvalue weighted by atomic mass is 79.9. The molecule has 0 aliphatic carbocycles. The zero-order chi connectivity index (χ0) is 19.0. The van der Waals surface area contributed by atoms with Crippen molar-refractivity contribution in [2.75, 3.05) is 18.7 Å². The number of fused-ring (bicyclic) bond motifs is 1. The first-order chi connectivity index (χ1) is 13.0. The number of rotatable bonds is 4. The molecule has 140 valence electrons. The van der Waals surface area contributed by atoms with E-state index in [0.717, 1.165) is 21.3 Å². The highest BCUT2D eigenvalue weighted by Gasteiger charge is 2.34. The molecule has 1 atom stereocenters. The number of nitrogens with zero attached hydrogens (tertiary/aromatic N) is 1. The van der Waals surface area contributed by atoms with E-state index in [2.05, 4.69) is 21.2 Å². The number of halogens is 1. The Labute approximate surface area is 165 Å². The van der Waals surface area contributed by atoms with Crippen molar-refractivity contribution in [3.05, 3.63) is 52.0 Å². The number of nitrogens with one attached hydrogen (secondary N) is 1. The molecule has 0 bridgehead atoms. The lowest BCUT2D eigenvalue weighted by atomic mass is 10.1. The zero-order valence-electron chi connectivity index (χ0n) is 14.8. The Bertz CT molecular complexity index is 915. The van der Waals surface area contributed by atoms with E-state index in [0.29, 0.717) is 24.6 Å². The van der Waals surface area contributed by atoms with Gasteiger partial charge in [-0.25, -0.2) is 0 Å². The molecular weight excluding hydrogens is 412 g/mol. The second kappa shape index (κ2) is 7.23. The lowest BCUT2D eigenvalue weighted by Gasteiger charge is -2.17. The van der Waals surface area contributed by atoms with Gasteiger partial charge in [-0.1, -0.05) is 22.0 Å². The van der Waals surface area contributed by atoms with Crippen LogP contribution in [-0.2, 0) is 16.1 Å². The van der Waals surface area contributed by atoms with Gasteiger partial charge in [-0.05, 0) is 48.4 Å². The largest absolute Gasteiger partial charge is 0.454 e. The van der Waals surface area contributed by atoms with E-state index in [9.17, 15) is 9.59 Å². The van der Waals surface area contributed by atoms with Crippen molar-refractivity contribution in [3.8, 4) is 11.5 Å². The molecule has 7 heteroatoms. The van der Waals surface area contributed by atoms with Crippen molar-refractivity contribution in [1.29, 1.82) is 0 Å². The average molecular weight is 431 g/mol. The summed E-state index contributed by atoms with van der Waals surface area (Å²) in [6, 6.07) is 11.3. The molecule has 2 aliphatic heterocycles. The van der Waals surface area contributed by atoms with Crippen LogP contribution in [0.5, 0.6) is 11.5 Å². The second-order valence-corrected chi connectivity index (χ2v) is 7.73. The van der Waals surface area contributed by atoms with Gasteiger partial charge in [-0.3, -0.25) is 9.59 Å². The van der Waals surface area contributed by atoms with E-state index < -0.39 is 0 Å². The molecule has 1 saturated heterocycles. The van der Waals surface area contributed by atoms with Crippen LogP contribution in [0.3, 0.4) is 0 Å². The van der Waals surface area contributed by atoms with Crippen molar-refractivity contribution in [3.63, 3.8) is 0 Å². The Hall–Kier alpha value is -2.54. The fourth-order valence-corrected chi connectivity index (χ4v) is 3.84. The summed E-state index contributed by atoms with van der Waals surface area (Å²) in [7, 11) is 0. The minimum atomic E-state index is -0.352. The topological polar surface area (TPSA) is 67.9 Å². The van der Waals surface area contributed by atoms with Gasteiger partial charge in [0.2, 0.25) is 18.6 Å². The Kier molecular flexibility index (Phi) is 4.78. The molecule has 2 amide bonds. The molecule has 2 heterocycles. The first-order valence-electron chi connectivity index (χ1n) is 8.73. The Morgan fingerprint density at radius 3 is 2.85 bits per heavy atom. The summed E-state index contributed by atoms with van der Waals surface area (Å²) in [5.74, 6) is 0.921. The van der Waals surface area contributed by atoms with Gasteiger partial charge in [-0.2, -0.15) is 0 Å². The summed E-state index contributed by atoms with van der Waals surface area (Å²) in [5.41, 5.74) is 2.70. The maximum atomic E-state index is 12.6. The summed E-state index contributed by atoms with van der Waals surface area (Å²) < 4.78 is 11.7. The Morgan fingerprint density at radius 1 is 1.22 bits per heavy atom. The van der Waals surface area contributed by atoms with Crippen LogP contribution in [0, 0.1) is 12.8 Å². The smallest absolute Gasteiger partial charge is 0.231 e. The molecule has 2 aliphatic rings. The summed E-state index contributed by atoms with van der Waals surface area (Å²) in [4.78, 5) is 26.7. The third kappa shape index (κ3) is 3.78. The summed E-state index contributed by atoms with van der Waals surface area (Å²) in [5, 5.41) is 2.94. The van der Waals surface area contributed by atoms with Gasteiger partial charge in [0.1, 0.15) is 0 Å². The number of hydrogen-bond acceptors (Lipinski definition) is 4. The van der Waals surface area contributed by atoms with Gasteiger partial charge in [-0.15, -0.1) is 0 Å². The lowest BCUT2D eigenvalue weighted by Crippen LogP contribution is -2.28. The van der Waals surface area contributed by atoms with E-state index in [1.54, 1.807) is 4.90 Å². The summed E-state index contributed by atoms with van der Waals surface area (Å²) in [6.07, 6.45) is 0.228. The number of anilines is 1. The van der Waals surface area contributed by atoms with Crippen LogP contribution in [0.1, 0.15) is 17.5 Å². The number of carbonyl (C=O) groups is 2. The zero-order valence-corrected chi connectivity index (χ0v) is 16.4. The van der Waals surface area contributed by atoms with E-state index in [1.807, 2.05) is 43.3 Å². The van der Waals surface area contributed by atoms with Crippen molar-refractivity contribution in [1.82, 2.24) is 4.90 Å². The van der Waals surface area contributed by atoms with Crippen LogP contribution in [0.4, 0.5) is 5.69 Å². The molecule has 2 aromatic rings. The highest BCUT2D eigenvalue weighted by molar-refractivity contribution is 9.10. The minimum Gasteiger partial charge on any atom is -0.454 e. The molecular formula is C20H19BrN2O4. The molecule has 0 radical (unpaired) electrons. The molecule has 2 aromatic carbocycles. The molecule has 1 fully saturated rings. The molecule has 1 N–H and O–H groups in total. The molecule has 0 spiro atoms. The van der Waals surface area contributed by atoms with E-state index in [1.165, 1.54) is 0 Å². The standard InChI is InChI=1S/C20H19BrN2O4/c1-12-6-15(21)3-4-16(12)22-20(25)14-8-19(24)23(10-14)9-13-2-5-17-18(7-13)27-11-26-17/h2-7,14H,8-11H2,1H3,(H,22,25). The van der Waals surface area contributed by atoms with Gasteiger partial charge in [0.15, 0.2) is 11.5 Å². The first-order valence-corrected chi connectivity index (χ1v) is 9.52. The van der Waals surface area contributed by atoms with Crippen molar-refractivity contribution in [2.45, 2.75) is 19.9 Å². The molecule has 4 rings (SSSR count). The fraction of sp³-hybridized carbons (Fsp3) is 0.300. The monoisotopic (exact) mass is 430 g/mol. The predicted octanol–water partition coefficient (Wildman–Crippen LogP) is 3.47. The van der Waals surface area contributed by atoms with Crippen molar-refractivity contribution >= 4 is 33.4 Å². The van der Waals surface area contributed by atoms with Crippen LogP contribution < -0.4 is 14.8 Å². The number of hydrogen-bond donors (Lipinski definition) is 1. The maximum absolute atomic E-state index is 12.6. The number of amides is 2. The van der Waals surface area contributed by atoms with Crippen molar-refractivity contribution < 1.29 is 19.1 Å². The van der Waals surface area contributed by atoms with Crippen LogP contribution >= 0.6 is 15.9 Å². The van der Waals surface area contributed by atoms with E-state index in [-0.39, 0.29) is 30.9 Å². The van der Waals surface area contributed by atoms with Gasteiger partial charge in [0.25, 0.3) is 0 Å². The molecule has 0 saturated carbocycles. The summed E-state index contributed by atoms with van der Waals surface area (Å²) in [6.45, 7) is 3.02. The maximum Gasteiger partial charge on any atom is 0.231 e. The SMILES string of the molecule is Cc1cc(Br)ccc1NC(=O)C1CC(=O)N(Cc2ccc3c(c2)OCO3)C1. The number of aryl methyl sites for hydroxylation is 1. The number of ether oxygens (including phenoxy) is 2. The van der Waals surface area contributed by atoms with Gasteiger partial charge in [0.05, 0.1) is 5.92 Å². The third-order valence-corrected chi connectivity index (χ3v) is 5.34. The second-order valence-electron chi connectivity index (χ2n) is 6.81. The molecule has 1 unspecified atom stereocenters. The average Bonchev–Trinajstić information content (AvgIpc) is 3.24. The molecule has 6 nitrogen and oxygen atoms in total. The van der Waals surface area contributed by atoms with Crippen molar-refractivity contribution in [2.24, 2.45) is 5.92 Å². The normalized spacial score (nSPS) is 18.1. The molecule has 0 aromatic heterocycles. The minimum absolute atomic E-state index is 0.0136. The van der Waals surface area contributed by atoms with Gasteiger partial charge in [0, 0.05) is 29.7 Å². The van der Waals surface area contributed by atoms with Crippen LogP contribution in [0.2, 0.25) is 0 Å². The lowest BCUT2D eigenvalue weighted by molar-refractivity contribution is -0.128.